The molecular formula is C3H5N3O2. The van der Waals surface area contributed by atoms with Crippen molar-refractivity contribution in [1.82, 2.24) is 0 Å². The Labute approximate surface area is 45.6 Å². The van der Waals surface area contributed by atoms with Gasteiger partial charge in [0.15, 0.2) is 12.0 Å². The lowest BCUT2D eigenvalue weighted by Crippen LogP contribution is -2.20. The van der Waals surface area contributed by atoms with Crippen LogP contribution in [-0.4, -0.2) is 17.1 Å². The molecule has 5 nitrogen and oxygen atoms in total. The Kier molecular flexibility index (Phi) is 1.99. The molecule has 1 atom stereocenters. The molecule has 0 spiro atoms. The fourth-order valence-corrected chi connectivity index (χ4v) is 0.114. The van der Waals surface area contributed by atoms with Crippen LogP contribution in [0.2, 0.25) is 0 Å². The lowest BCUT2D eigenvalue weighted by atomic mass is 10.3. The van der Waals surface area contributed by atoms with Gasteiger partial charge in [0.05, 0.1) is 0 Å². The SMILES string of the molecule is CC(O)(C=O)N=[N+]=[N-]. The number of azide groups is 1. The summed E-state index contributed by atoms with van der Waals surface area (Å²) in [7, 11) is 0. The summed E-state index contributed by atoms with van der Waals surface area (Å²) in [6.07, 6.45) is 0.159. The van der Waals surface area contributed by atoms with Gasteiger partial charge in [-0.3, -0.25) is 0 Å². The molecule has 0 aromatic heterocycles. The summed E-state index contributed by atoms with van der Waals surface area (Å²) in [4.78, 5) is 11.9. The lowest BCUT2D eigenvalue weighted by Gasteiger charge is -2.03. The molecule has 1 unspecified atom stereocenters. The van der Waals surface area contributed by atoms with E-state index in [2.05, 4.69) is 10.0 Å². The monoisotopic (exact) mass is 115 g/mol. The molecule has 0 bridgehead atoms. The summed E-state index contributed by atoms with van der Waals surface area (Å²) in [5.41, 5.74) is 5.79. The largest absolute Gasteiger partial charge is 0.377 e. The van der Waals surface area contributed by atoms with Crippen LogP contribution in [0, 0.1) is 0 Å². The predicted molar refractivity (Wildman–Crippen MR) is 25.8 cm³/mol. The van der Waals surface area contributed by atoms with Crippen LogP contribution in [0.5, 0.6) is 0 Å². The van der Waals surface area contributed by atoms with Crippen molar-refractivity contribution >= 4 is 6.29 Å². The molecule has 0 amide bonds. The maximum Gasteiger partial charge on any atom is 0.196 e. The van der Waals surface area contributed by atoms with Crippen LogP contribution in [0.15, 0.2) is 5.11 Å². The van der Waals surface area contributed by atoms with Crippen LogP contribution in [0.1, 0.15) is 6.92 Å². The van der Waals surface area contributed by atoms with E-state index in [1.54, 1.807) is 0 Å². The lowest BCUT2D eigenvalue weighted by molar-refractivity contribution is -0.121. The van der Waals surface area contributed by atoms with Gasteiger partial charge >= 0.3 is 0 Å². The first-order valence-corrected chi connectivity index (χ1v) is 1.87. The molecule has 0 aromatic carbocycles. The van der Waals surface area contributed by atoms with Crippen LogP contribution < -0.4 is 0 Å². The second kappa shape index (κ2) is 2.30. The summed E-state index contributed by atoms with van der Waals surface area (Å²) >= 11 is 0. The van der Waals surface area contributed by atoms with Gasteiger partial charge < -0.3 is 9.90 Å². The zero-order chi connectivity index (χ0) is 6.62. The average molecular weight is 115 g/mol. The summed E-state index contributed by atoms with van der Waals surface area (Å²) < 4.78 is 0. The Hall–Kier alpha value is -1.06. The van der Waals surface area contributed by atoms with Crippen LogP contribution in [0.4, 0.5) is 0 Å². The summed E-state index contributed by atoms with van der Waals surface area (Å²) in [5.74, 6) is 0. The molecule has 0 saturated heterocycles. The van der Waals surface area contributed by atoms with Crippen molar-refractivity contribution in [2.24, 2.45) is 5.11 Å². The molecule has 5 heteroatoms. The maximum atomic E-state index is 9.70. The van der Waals surface area contributed by atoms with E-state index in [0.717, 1.165) is 6.92 Å². The van der Waals surface area contributed by atoms with E-state index in [1.165, 1.54) is 0 Å². The van der Waals surface area contributed by atoms with Crippen molar-refractivity contribution in [1.29, 1.82) is 0 Å². The van der Waals surface area contributed by atoms with Crippen molar-refractivity contribution < 1.29 is 9.90 Å². The Morgan fingerprint density at radius 2 is 2.50 bits per heavy atom. The van der Waals surface area contributed by atoms with Crippen LogP contribution in [0.25, 0.3) is 10.4 Å². The van der Waals surface area contributed by atoms with Gasteiger partial charge in [-0.25, -0.2) is 0 Å². The van der Waals surface area contributed by atoms with Crippen molar-refractivity contribution in [2.45, 2.75) is 12.6 Å². The maximum absolute atomic E-state index is 9.70. The summed E-state index contributed by atoms with van der Waals surface area (Å²) in [6.45, 7) is 1.10. The van der Waals surface area contributed by atoms with Gasteiger partial charge in [0.1, 0.15) is 0 Å². The van der Waals surface area contributed by atoms with Gasteiger partial charge in [-0.2, -0.15) is 0 Å². The third kappa shape index (κ3) is 2.17. The molecule has 0 aliphatic heterocycles. The number of aldehydes is 1. The number of aliphatic hydroxyl groups is 1. The highest BCUT2D eigenvalue weighted by atomic mass is 16.3. The molecule has 8 heavy (non-hydrogen) atoms. The second-order valence-electron chi connectivity index (χ2n) is 1.40. The van der Waals surface area contributed by atoms with Crippen molar-refractivity contribution in [2.75, 3.05) is 0 Å². The first-order chi connectivity index (χ1) is 3.62. The molecule has 0 heterocycles. The normalized spacial score (nSPS) is 15.8. The smallest absolute Gasteiger partial charge is 0.196 e. The Bertz CT molecular complexity index is 135. The van der Waals surface area contributed by atoms with Crippen molar-refractivity contribution in [3.05, 3.63) is 10.4 Å². The van der Waals surface area contributed by atoms with E-state index in [1.807, 2.05) is 0 Å². The highest BCUT2D eigenvalue weighted by molar-refractivity contribution is 5.60. The number of carbonyl (C=O) groups is 1. The molecule has 0 fully saturated rings. The first-order valence-electron chi connectivity index (χ1n) is 1.87. The number of nitrogens with zero attached hydrogens (tertiary/aromatic N) is 3. The van der Waals surface area contributed by atoms with E-state index in [-0.39, 0.29) is 6.29 Å². The van der Waals surface area contributed by atoms with Gasteiger partial charge in [0.25, 0.3) is 0 Å². The van der Waals surface area contributed by atoms with E-state index in [9.17, 15) is 4.79 Å². The first kappa shape index (κ1) is 6.94. The molecule has 0 aliphatic carbocycles. The minimum Gasteiger partial charge on any atom is -0.377 e. The van der Waals surface area contributed by atoms with E-state index >= 15 is 0 Å². The summed E-state index contributed by atoms with van der Waals surface area (Å²) in [5, 5.41) is 11.3. The molecule has 0 radical (unpaired) electrons. The number of hydrogen-bond acceptors (Lipinski definition) is 3. The number of hydrogen-bond donors (Lipinski definition) is 1. The Morgan fingerprint density at radius 3 is 2.62 bits per heavy atom. The predicted octanol–water partition coefficient (Wildman–Crippen LogP) is 0.204. The van der Waals surface area contributed by atoms with E-state index in [4.69, 9.17) is 10.6 Å². The standard InChI is InChI=1S/C3H5N3O2/c1-3(8,2-7)5-6-4/h2,8H,1H3. The molecule has 0 rings (SSSR count). The average Bonchev–Trinajstić information content (AvgIpc) is 1.67. The third-order valence-corrected chi connectivity index (χ3v) is 0.470. The Balaban J connectivity index is 4.11. The van der Waals surface area contributed by atoms with Crippen molar-refractivity contribution in [3.63, 3.8) is 0 Å². The van der Waals surface area contributed by atoms with Crippen LogP contribution >= 0.6 is 0 Å². The highest BCUT2D eigenvalue weighted by Crippen LogP contribution is 1.98. The fourth-order valence-electron chi connectivity index (χ4n) is 0.114. The van der Waals surface area contributed by atoms with E-state index in [0.29, 0.717) is 0 Å². The van der Waals surface area contributed by atoms with E-state index < -0.39 is 5.72 Å². The minimum absolute atomic E-state index is 0.159. The molecule has 0 saturated carbocycles. The van der Waals surface area contributed by atoms with Gasteiger partial charge in [-0.15, -0.1) is 0 Å². The van der Waals surface area contributed by atoms with Crippen LogP contribution in [-0.2, 0) is 4.79 Å². The second-order valence-corrected chi connectivity index (χ2v) is 1.40. The fraction of sp³-hybridized carbons (Fsp3) is 0.667. The van der Waals surface area contributed by atoms with Crippen LogP contribution in [0.3, 0.4) is 0 Å². The molecule has 44 valence electrons. The topological polar surface area (TPSA) is 86.1 Å². The molecule has 0 aromatic rings. The van der Waals surface area contributed by atoms with Gasteiger partial charge in [0, 0.05) is 4.91 Å². The van der Waals surface area contributed by atoms with Gasteiger partial charge in [-0.1, -0.05) is 5.11 Å². The van der Waals surface area contributed by atoms with Crippen molar-refractivity contribution in [3.8, 4) is 0 Å². The van der Waals surface area contributed by atoms with Gasteiger partial charge in [0.2, 0.25) is 0 Å². The molecular weight excluding hydrogens is 110 g/mol. The summed E-state index contributed by atoms with van der Waals surface area (Å²) in [6, 6.07) is 0. The zero-order valence-electron chi connectivity index (χ0n) is 4.27. The molecule has 0 aliphatic rings. The highest BCUT2D eigenvalue weighted by Gasteiger charge is 2.14. The molecule has 1 N–H and O–H groups in total. The zero-order valence-corrected chi connectivity index (χ0v) is 4.27. The number of rotatable bonds is 2. The third-order valence-electron chi connectivity index (χ3n) is 0.470. The quantitative estimate of drug-likeness (QED) is 0.241. The Morgan fingerprint density at radius 1 is 2.00 bits per heavy atom. The minimum atomic E-state index is -1.88. The van der Waals surface area contributed by atoms with Gasteiger partial charge in [-0.05, 0) is 12.5 Å². The number of carbonyl (C=O) groups excluding carboxylic acids is 1.